The van der Waals surface area contributed by atoms with Crippen LogP contribution in [0, 0.1) is 11.3 Å². The second kappa shape index (κ2) is 3.23. The van der Waals surface area contributed by atoms with Crippen LogP contribution in [-0.2, 0) is 6.42 Å². The van der Waals surface area contributed by atoms with Gasteiger partial charge in [0.2, 0.25) is 5.82 Å². The molecule has 3 aliphatic rings. The van der Waals surface area contributed by atoms with Crippen molar-refractivity contribution in [2.75, 3.05) is 0 Å². The van der Waals surface area contributed by atoms with Crippen molar-refractivity contribution in [3.8, 4) is 11.5 Å². The van der Waals surface area contributed by atoms with Gasteiger partial charge in [-0.3, -0.25) is 5.10 Å². The van der Waals surface area contributed by atoms with Crippen molar-refractivity contribution in [3.05, 3.63) is 11.3 Å². The van der Waals surface area contributed by atoms with Gasteiger partial charge in [0.25, 0.3) is 0 Å². The molecule has 2 N–H and O–H groups in total. The molecule has 98 valence electrons. The summed E-state index contributed by atoms with van der Waals surface area (Å²) >= 11 is 0. The van der Waals surface area contributed by atoms with Gasteiger partial charge in [-0.25, -0.2) is 0 Å². The molecule has 0 aliphatic heterocycles. The minimum atomic E-state index is 0.617. The van der Waals surface area contributed by atoms with Gasteiger partial charge < -0.3 is 0 Å². The first-order valence-electron chi connectivity index (χ1n) is 7.21. The van der Waals surface area contributed by atoms with Gasteiger partial charge in [0.05, 0.1) is 0 Å². The predicted octanol–water partition coefficient (Wildman–Crippen LogP) is 1.81. The number of aromatic amines is 2. The fourth-order valence-corrected chi connectivity index (χ4v) is 4.79. The van der Waals surface area contributed by atoms with Crippen molar-refractivity contribution in [2.45, 2.75) is 44.4 Å². The lowest BCUT2D eigenvalue weighted by Gasteiger charge is -2.25. The van der Waals surface area contributed by atoms with Crippen LogP contribution in [0.3, 0.4) is 0 Å². The van der Waals surface area contributed by atoms with Crippen molar-refractivity contribution < 1.29 is 0 Å². The molecule has 6 heteroatoms. The van der Waals surface area contributed by atoms with Gasteiger partial charge in [-0.15, -0.1) is 10.2 Å². The van der Waals surface area contributed by atoms with E-state index in [4.69, 9.17) is 0 Å². The monoisotopic (exact) mass is 256 g/mol. The van der Waals surface area contributed by atoms with Crippen LogP contribution >= 0.6 is 0 Å². The highest BCUT2D eigenvalue weighted by Gasteiger charge is 2.68. The van der Waals surface area contributed by atoms with Crippen LogP contribution in [0.4, 0.5) is 0 Å². The van der Waals surface area contributed by atoms with Gasteiger partial charge in [-0.05, 0) is 35.8 Å². The normalized spacial score (nSPS) is 30.3. The van der Waals surface area contributed by atoms with E-state index in [9.17, 15) is 0 Å². The zero-order valence-electron chi connectivity index (χ0n) is 10.7. The van der Waals surface area contributed by atoms with Gasteiger partial charge in [0, 0.05) is 17.2 Å². The molecular formula is C13H16N6. The number of nitrogens with zero attached hydrogens (tertiary/aromatic N) is 4. The molecule has 2 heterocycles. The molecule has 19 heavy (non-hydrogen) atoms. The molecule has 1 spiro atoms. The molecule has 5 rings (SSSR count). The molecule has 0 aromatic carbocycles. The van der Waals surface area contributed by atoms with Crippen molar-refractivity contribution >= 4 is 0 Å². The second-order valence-electron chi connectivity index (χ2n) is 6.28. The van der Waals surface area contributed by atoms with Crippen LogP contribution in [0.5, 0.6) is 0 Å². The van der Waals surface area contributed by atoms with Gasteiger partial charge in [0.1, 0.15) is 5.69 Å². The van der Waals surface area contributed by atoms with Crippen LogP contribution in [0.25, 0.3) is 11.5 Å². The standard InChI is InChI=1S/C13H16N6/c1-2-4-13(5-3-1)8-6-7-10(9(8)13)14-15-11(7)12-16-18-19-17-12/h8-9H,1-6H2,(H,14,15)(H,16,17,18,19)/t8-,9?/m1/s1. The van der Waals surface area contributed by atoms with Crippen LogP contribution in [-0.4, -0.2) is 30.8 Å². The molecule has 0 saturated heterocycles. The molecule has 2 aromatic heterocycles. The molecular weight excluding hydrogens is 240 g/mol. The number of rotatable bonds is 1. The van der Waals surface area contributed by atoms with Crippen molar-refractivity contribution in [3.63, 3.8) is 0 Å². The highest BCUT2D eigenvalue weighted by Crippen LogP contribution is 2.75. The number of tetrazole rings is 1. The zero-order chi connectivity index (χ0) is 12.4. The Bertz CT molecular complexity index is 622. The molecule has 3 aliphatic carbocycles. The Morgan fingerprint density at radius 1 is 1.11 bits per heavy atom. The van der Waals surface area contributed by atoms with E-state index in [-0.39, 0.29) is 0 Å². The second-order valence-corrected chi connectivity index (χ2v) is 6.28. The maximum atomic E-state index is 4.43. The lowest BCUT2D eigenvalue weighted by molar-refractivity contribution is 0.295. The molecule has 2 aromatic rings. The zero-order valence-corrected chi connectivity index (χ0v) is 10.7. The van der Waals surface area contributed by atoms with Crippen LogP contribution < -0.4 is 0 Å². The Kier molecular flexibility index (Phi) is 1.72. The van der Waals surface area contributed by atoms with Crippen molar-refractivity contribution in [1.29, 1.82) is 0 Å². The summed E-state index contributed by atoms with van der Waals surface area (Å²) in [5.74, 6) is 2.20. The van der Waals surface area contributed by atoms with E-state index in [1.54, 1.807) is 0 Å². The summed E-state index contributed by atoms with van der Waals surface area (Å²) in [5, 5.41) is 21.9. The van der Waals surface area contributed by atoms with Crippen molar-refractivity contribution in [1.82, 2.24) is 30.8 Å². The van der Waals surface area contributed by atoms with Gasteiger partial charge >= 0.3 is 0 Å². The summed E-state index contributed by atoms with van der Waals surface area (Å²) in [6.07, 6.45) is 8.23. The average molecular weight is 256 g/mol. The molecule has 2 atom stereocenters. The molecule has 6 nitrogen and oxygen atoms in total. The van der Waals surface area contributed by atoms with E-state index < -0.39 is 0 Å². The molecule has 0 radical (unpaired) electrons. The maximum Gasteiger partial charge on any atom is 0.225 e. The number of hydrogen-bond donors (Lipinski definition) is 2. The Morgan fingerprint density at radius 3 is 2.79 bits per heavy atom. The average Bonchev–Trinajstić information content (AvgIpc) is 2.97. The Morgan fingerprint density at radius 2 is 2.00 bits per heavy atom. The van der Waals surface area contributed by atoms with E-state index in [0.29, 0.717) is 11.2 Å². The summed E-state index contributed by atoms with van der Waals surface area (Å²) in [6, 6.07) is 0. The molecule has 2 saturated carbocycles. The van der Waals surface area contributed by atoms with E-state index in [1.165, 1.54) is 43.4 Å². The van der Waals surface area contributed by atoms with Gasteiger partial charge in [-0.2, -0.15) is 10.3 Å². The van der Waals surface area contributed by atoms with E-state index in [1.807, 2.05) is 0 Å². The molecule has 1 unspecified atom stereocenters. The largest absolute Gasteiger partial charge is 0.281 e. The Labute approximate surface area is 110 Å². The number of H-pyrrole nitrogens is 2. The number of nitrogens with one attached hydrogen (secondary N) is 2. The van der Waals surface area contributed by atoms with Crippen LogP contribution in [0.2, 0.25) is 0 Å². The molecule has 0 bridgehead atoms. The van der Waals surface area contributed by atoms with E-state index in [2.05, 4.69) is 30.8 Å². The first-order valence-corrected chi connectivity index (χ1v) is 7.21. The quantitative estimate of drug-likeness (QED) is 0.815. The number of aromatic nitrogens is 6. The first kappa shape index (κ1) is 10.1. The first-order chi connectivity index (χ1) is 9.40. The fourth-order valence-electron chi connectivity index (χ4n) is 4.79. The van der Waals surface area contributed by atoms with Crippen LogP contribution in [0.1, 0.15) is 49.3 Å². The summed E-state index contributed by atoms with van der Waals surface area (Å²) in [7, 11) is 0. The summed E-state index contributed by atoms with van der Waals surface area (Å²) in [6.45, 7) is 0. The van der Waals surface area contributed by atoms with Crippen molar-refractivity contribution in [2.24, 2.45) is 11.3 Å². The van der Waals surface area contributed by atoms with E-state index >= 15 is 0 Å². The molecule has 0 amide bonds. The third-order valence-electron chi connectivity index (χ3n) is 5.63. The Hall–Kier alpha value is -1.72. The lowest BCUT2D eigenvalue weighted by Crippen LogP contribution is -2.14. The highest BCUT2D eigenvalue weighted by atomic mass is 15.5. The number of fused-ring (bicyclic) bond motifs is 5. The van der Waals surface area contributed by atoms with Crippen LogP contribution in [0.15, 0.2) is 0 Å². The SMILES string of the molecule is C1CCC2(CC1)C1c3[nH]nc(-c4nn[nH]n4)c3C[C@H]12. The molecule has 2 fully saturated rings. The van der Waals surface area contributed by atoms with Gasteiger partial charge in [-0.1, -0.05) is 19.3 Å². The minimum Gasteiger partial charge on any atom is -0.281 e. The summed E-state index contributed by atoms with van der Waals surface area (Å²) in [4.78, 5) is 0. The smallest absolute Gasteiger partial charge is 0.225 e. The third-order valence-corrected chi connectivity index (χ3v) is 5.63. The summed E-state index contributed by atoms with van der Waals surface area (Å²) < 4.78 is 0. The van der Waals surface area contributed by atoms with Gasteiger partial charge in [0.15, 0.2) is 0 Å². The third kappa shape index (κ3) is 1.13. The minimum absolute atomic E-state index is 0.617. The summed E-state index contributed by atoms with van der Waals surface area (Å²) in [5.41, 5.74) is 4.23. The van der Waals surface area contributed by atoms with E-state index in [0.717, 1.165) is 24.0 Å². The predicted molar refractivity (Wildman–Crippen MR) is 67.2 cm³/mol. The topological polar surface area (TPSA) is 83.1 Å². The lowest BCUT2D eigenvalue weighted by atomic mass is 9.80. The Balaban J connectivity index is 1.54. The number of hydrogen-bond acceptors (Lipinski definition) is 4. The maximum absolute atomic E-state index is 4.43. The highest BCUT2D eigenvalue weighted by molar-refractivity contribution is 5.60. The fraction of sp³-hybridized carbons (Fsp3) is 0.692.